The van der Waals surface area contributed by atoms with Crippen molar-refractivity contribution in [2.45, 2.75) is 38.6 Å². The molecule has 1 heterocycles. The second-order valence-corrected chi connectivity index (χ2v) is 6.47. The molecule has 0 aliphatic carbocycles. The van der Waals surface area contributed by atoms with E-state index in [0.29, 0.717) is 12.3 Å². The third-order valence-electron chi connectivity index (χ3n) is 3.55. The molecule has 1 aromatic carbocycles. The summed E-state index contributed by atoms with van der Waals surface area (Å²) in [7, 11) is 0. The number of rotatable bonds is 7. The van der Waals surface area contributed by atoms with Gasteiger partial charge in [0.2, 0.25) is 5.91 Å². The number of nitrogens with zero attached hydrogens (tertiary/aromatic N) is 2. The number of para-hydroxylation sites is 2. The Bertz CT molecular complexity index is 639. The van der Waals surface area contributed by atoms with Crippen molar-refractivity contribution in [3.05, 3.63) is 24.3 Å². The third kappa shape index (κ3) is 4.01. The minimum atomic E-state index is -0.505. The SMILES string of the molecule is CCn1c(SCC(=O)NCC(O)C(C)C)nc2ccccc21. The summed E-state index contributed by atoms with van der Waals surface area (Å²) in [5.74, 6) is 0.352. The van der Waals surface area contributed by atoms with Crippen molar-refractivity contribution in [1.29, 1.82) is 0 Å². The van der Waals surface area contributed by atoms with E-state index in [0.717, 1.165) is 22.7 Å². The summed E-state index contributed by atoms with van der Waals surface area (Å²) in [5.41, 5.74) is 2.03. The van der Waals surface area contributed by atoms with Crippen LogP contribution in [0.15, 0.2) is 29.4 Å². The smallest absolute Gasteiger partial charge is 0.230 e. The molecule has 0 saturated carbocycles. The highest BCUT2D eigenvalue weighted by atomic mass is 32.2. The summed E-state index contributed by atoms with van der Waals surface area (Å²) in [5, 5.41) is 13.3. The highest BCUT2D eigenvalue weighted by Crippen LogP contribution is 2.23. The van der Waals surface area contributed by atoms with E-state index >= 15 is 0 Å². The van der Waals surface area contributed by atoms with Crippen LogP contribution in [-0.4, -0.2) is 39.0 Å². The topological polar surface area (TPSA) is 67.2 Å². The number of hydrogen-bond donors (Lipinski definition) is 2. The van der Waals surface area contributed by atoms with E-state index in [2.05, 4.69) is 21.8 Å². The highest BCUT2D eigenvalue weighted by molar-refractivity contribution is 7.99. The van der Waals surface area contributed by atoms with Crippen molar-refractivity contribution in [1.82, 2.24) is 14.9 Å². The number of nitrogens with one attached hydrogen (secondary N) is 1. The lowest BCUT2D eigenvalue weighted by atomic mass is 10.1. The molecule has 0 fully saturated rings. The maximum absolute atomic E-state index is 11.9. The van der Waals surface area contributed by atoms with E-state index in [9.17, 15) is 9.90 Å². The Morgan fingerprint density at radius 2 is 2.14 bits per heavy atom. The second kappa shape index (κ2) is 7.65. The van der Waals surface area contributed by atoms with Gasteiger partial charge in [-0.1, -0.05) is 37.7 Å². The van der Waals surface area contributed by atoms with E-state index in [1.807, 2.05) is 38.1 Å². The van der Waals surface area contributed by atoms with Crippen LogP contribution < -0.4 is 5.32 Å². The lowest BCUT2D eigenvalue weighted by molar-refractivity contribution is -0.119. The first-order chi connectivity index (χ1) is 10.5. The van der Waals surface area contributed by atoms with Crippen molar-refractivity contribution in [3.63, 3.8) is 0 Å². The quantitative estimate of drug-likeness (QED) is 0.768. The normalized spacial score (nSPS) is 12.8. The van der Waals surface area contributed by atoms with Gasteiger partial charge in [0.25, 0.3) is 0 Å². The number of aliphatic hydroxyl groups is 1. The molecule has 1 amide bonds. The molecule has 0 bridgehead atoms. The van der Waals surface area contributed by atoms with Gasteiger partial charge in [-0.3, -0.25) is 4.79 Å². The number of aryl methyl sites for hydroxylation is 1. The van der Waals surface area contributed by atoms with Crippen LogP contribution in [0.1, 0.15) is 20.8 Å². The summed E-state index contributed by atoms with van der Waals surface area (Å²) in [4.78, 5) is 16.5. The first-order valence-electron chi connectivity index (χ1n) is 7.55. The molecule has 1 unspecified atom stereocenters. The van der Waals surface area contributed by atoms with Gasteiger partial charge in [0, 0.05) is 13.1 Å². The molecule has 2 rings (SSSR count). The number of benzene rings is 1. The zero-order chi connectivity index (χ0) is 16.1. The zero-order valence-corrected chi connectivity index (χ0v) is 14.1. The number of thioether (sulfide) groups is 1. The van der Waals surface area contributed by atoms with Crippen LogP contribution >= 0.6 is 11.8 Å². The summed E-state index contributed by atoms with van der Waals surface area (Å²) in [6.07, 6.45) is -0.505. The standard InChI is InChI=1S/C16H23N3O2S/c1-4-19-13-8-6-5-7-12(13)18-16(19)22-10-15(21)17-9-14(20)11(2)3/h5-8,11,14,20H,4,9-10H2,1-3H3,(H,17,21). The van der Waals surface area contributed by atoms with Crippen LogP contribution in [0.5, 0.6) is 0 Å². The molecule has 0 aliphatic rings. The van der Waals surface area contributed by atoms with E-state index < -0.39 is 6.10 Å². The molecular weight excluding hydrogens is 298 g/mol. The molecule has 6 heteroatoms. The highest BCUT2D eigenvalue weighted by Gasteiger charge is 2.13. The van der Waals surface area contributed by atoms with Gasteiger partial charge in [0.15, 0.2) is 5.16 Å². The van der Waals surface area contributed by atoms with Gasteiger partial charge in [-0.05, 0) is 25.0 Å². The van der Waals surface area contributed by atoms with Crippen molar-refractivity contribution in [2.24, 2.45) is 5.92 Å². The van der Waals surface area contributed by atoms with E-state index in [1.54, 1.807) is 0 Å². The average Bonchev–Trinajstić information content (AvgIpc) is 2.87. The summed E-state index contributed by atoms with van der Waals surface area (Å²) in [6.45, 7) is 7.03. The molecule has 0 radical (unpaired) electrons. The average molecular weight is 321 g/mol. The van der Waals surface area contributed by atoms with Gasteiger partial charge in [-0.25, -0.2) is 4.98 Å². The molecule has 2 N–H and O–H groups in total. The minimum Gasteiger partial charge on any atom is -0.391 e. The van der Waals surface area contributed by atoms with Crippen LogP contribution in [0.3, 0.4) is 0 Å². The van der Waals surface area contributed by atoms with E-state index in [1.165, 1.54) is 11.8 Å². The Kier molecular flexibility index (Phi) is 5.85. The molecule has 22 heavy (non-hydrogen) atoms. The van der Waals surface area contributed by atoms with Crippen molar-refractivity contribution in [2.75, 3.05) is 12.3 Å². The van der Waals surface area contributed by atoms with Gasteiger partial charge in [0.05, 0.1) is 22.9 Å². The third-order valence-corrected chi connectivity index (χ3v) is 4.52. The number of aliphatic hydroxyl groups excluding tert-OH is 1. The zero-order valence-electron chi connectivity index (χ0n) is 13.2. The molecular formula is C16H23N3O2S. The molecule has 1 atom stereocenters. The Morgan fingerprint density at radius 3 is 2.82 bits per heavy atom. The molecule has 2 aromatic rings. The number of carbonyl (C=O) groups excluding carboxylic acids is 1. The number of hydrogen-bond acceptors (Lipinski definition) is 4. The van der Waals surface area contributed by atoms with Crippen LogP contribution in [0.2, 0.25) is 0 Å². The maximum Gasteiger partial charge on any atom is 0.230 e. The van der Waals surface area contributed by atoms with Crippen molar-refractivity contribution >= 4 is 28.7 Å². The summed E-state index contributed by atoms with van der Waals surface area (Å²) < 4.78 is 2.11. The van der Waals surface area contributed by atoms with Gasteiger partial charge in [-0.2, -0.15) is 0 Å². The number of carbonyl (C=O) groups is 1. The van der Waals surface area contributed by atoms with Gasteiger partial charge in [0.1, 0.15) is 0 Å². The fraction of sp³-hybridized carbons (Fsp3) is 0.500. The Morgan fingerprint density at radius 1 is 1.41 bits per heavy atom. The molecule has 0 saturated heterocycles. The molecule has 120 valence electrons. The van der Waals surface area contributed by atoms with Crippen molar-refractivity contribution in [3.8, 4) is 0 Å². The summed E-state index contributed by atoms with van der Waals surface area (Å²) in [6, 6.07) is 7.97. The fourth-order valence-corrected chi connectivity index (χ4v) is 3.01. The lowest BCUT2D eigenvalue weighted by Crippen LogP contribution is -2.35. The lowest BCUT2D eigenvalue weighted by Gasteiger charge is -2.14. The largest absolute Gasteiger partial charge is 0.391 e. The second-order valence-electron chi connectivity index (χ2n) is 5.53. The number of imidazole rings is 1. The Labute approximate surface area is 135 Å². The first kappa shape index (κ1) is 16.8. The number of aromatic nitrogens is 2. The summed E-state index contributed by atoms with van der Waals surface area (Å²) >= 11 is 1.42. The van der Waals surface area contributed by atoms with Gasteiger partial charge < -0.3 is 15.0 Å². The van der Waals surface area contributed by atoms with Crippen LogP contribution in [-0.2, 0) is 11.3 Å². The van der Waals surface area contributed by atoms with Crippen molar-refractivity contribution < 1.29 is 9.90 Å². The van der Waals surface area contributed by atoms with Gasteiger partial charge in [-0.15, -0.1) is 0 Å². The Hall–Kier alpha value is -1.53. The fourth-order valence-electron chi connectivity index (χ4n) is 2.10. The number of amides is 1. The van der Waals surface area contributed by atoms with E-state index in [4.69, 9.17) is 0 Å². The van der Waals surface area contributed by atoms with Crippen LogP contribution in [0, 0.1) is 5.92 Å². The predicted octanol–water partition coefficient (Wildman–Crippen LogP) is 2.28. The predicted molar refractivity (Wildman–Crippen MR) is 90.0 cm³/mol. The van der Waals surface area contributed by atoms with Gasteiger partial charge >= 0.3 is 0 Å². The van der Waals surface area contributed by atoms with Crippen LogP contribution in [0.4, 0.5) is 0 Å². The molecule has 0 spiro atoms. The Balaban J connectivity index is 1.95. The molecule has 0 aliphatic heterocycles. The van der Waals surface area contributed by atoms with E-state index in [-0.39, 0.29) is 11.8 Å². The maximum atomic E-state index is 11.9. The molecule has 1 aromatic heterocycles. The first-order valence-corrected chi connectivity index (χ1v) is 8.54. The van der Waals surface area contributed by atoms with Crippen LogP contribution in [0.25, 0.3) is 11.0 Å². The molecule has 5 nitrogen and oxygen atoms in total. The minimum absolute atomic E-state index is 0.0839. The monoisotopic (exact) mass is 321 g/mol. The number of fused-ring (bicyclic) bond motifs is 1.